The summed E-state index contributed by atoms with van der Waals surface area (Å²) in [5.41, 5.74) is 1.02. The Morgan fingerprint density at radius 1 is 0.921 bits per heavy atom. The van der Waals surface area contributed by atoms with Crippen LogP contribution in [-0.4, -0.2) is 33.7 Å². The molecule has 0 radical (unpaired) electrons. The first-order valence-corrected chi connectivity index (χ1v) is 16.2. The molecule has 214 valence electrons. The van der Waals surface area contributed by atoms with E-state index in [0.717, 1.165) is 51.4 Å². The molecular formula is C31H48O6S. The minimum absolute atomic E-state index is 0.000391. The van der Waals surface area contributed by atoms with Crippen molar-refractivity contribution < 1.29 is 26.3 Å². The summed E-state index contributed by atoms with van der Waals surface area (Å²) >= 11 is 0. The summed E-state index contributed by atoms with van der Waals surface area (Å²) in [7, 11) is -2.38. The maximum Gasteiger partial charge on any atom is 0.400 e. The number of carbonyl (C=O) groups is 1. The quantitative estimate of drug-likeness (QED) is 0.271. The Kier molecular flexibility index (Phi) is 5.65. The zero-order valence-corrected chi connectivity index (χ0v) is 25.5. The minimum atomic E-state index is -3.94. The van der Waals surface area contributed by atoms with Gasteiger partial charge in [0.1, 0.15) is 12.2 Å². The molecule has 1 saturated heterocycles. The van der Waals surface area contributed by atoms with Crippen LogP contribution in [0, 0.1) is 50.2 Å². The molecule has 0 N–H and O–H groups in total. The second-order valence-electron chi connectivity index (χ2n) is 15.9. The molecule has 0 aromatic rings. The number of rotatable bonds is 1. The Labute approximate surface area is 230 Å². The van der Waals surface area contributed by atoms with Crippen molar-refractivity contribution in [2.45, 2.75) is 118 Å². The Balaban J connectivity index is 1.44. The van der Waals surface area contributed by atoms with Crippen LogP contribution >= 0.6 is 0 Å². The Hall–Kier alpha value is -0.920. The first-order chi connectivity index (χ1) is 17.5. The van der Waals surface area contributed by atoms with Gasteiger partial charge >= 0.3 is 16.4 Å². The number of esters is 1. The molecule has 0 aromatic heterocycles. The van der Waals surface area contributed by atoms with E-state index >= 15 is 0 Å². The molecule has 6 rings (SSSR count). The van der Waals surface area contributed by atoms with Gasteiger partial charge in [-0.3, -0.25) is 4.79 Å². The molecule has 0 amide bonds. The summed E-state index contributed by atoms with van der Waals surface area (Å²) in [5.74, 6) is 0.987. The van der Waals surface area contributed by atoms with Crippen molar-refractivity contribution in [1.29, 1.82) is 0 Å². The average Bonchev–Trinajstić information content (AvgIpc) is 3.13. The largest absolute Gasteiger partial charge is 0.469 e. The molecule has 0 unspecified atom stereocenters. The fourth-order valence-electron chi connectivity index (χ4n) is 11.5. The zero-order valence-electron chi connectivity index (χ0n) is 24.7. The summed E-state index contributed by atoms with van der Waals surface area (Å²) in [4.78, 5) is 13.4. The van der Waals surface area contributed by atoms with E-state index in [9.17, 15) is 13.2 Å². The van der Waals surface area contributed by atoms with Crippen LogP contribution in [-0.2, 0) is 28.3 Å². The third kappa shape index (κ3) is 3.30. The number of ether oxygens (including phenoxy) is 1. The number of hydrogen-bond donors (Lipinski definition) is 0. The van der Waals surface area contributed by atoms with E-state index in [1.165, 1.54) is 5.57 Å². The van der Waals surface area contributed by atoms with Gasteiger partial charge < -0.3 is 4.74 Å². The second-order valence-corrected chi connectivity index (χ2v) is 17.1. The van der Waals surface area contributed by atoms with Gasteiger partial charge in [0.2, 0.25) is 0 Å². The lowest BCUT2D eigenvalue weighted by molar-refractivity contribution is -0.212. The lowest BCUT2D eigenvalue weighted by Crippen LogP contribution is -2.66. The smallest absolute Gasteiger partial charge is 0.400 e. The molecule has 5 fully saturated rings. The van der Waals surface area contributed by atoms with Crippen molar-refractivity contribution in [2.75, 3.05) is 7.11 Å². The van der Waals surface area contributed by atoms with Gasteiger partial charge in [0.25, 0.3) is 0 Å². The molecule has 5 aliphatic carbocycles. The molecule has 1 heterocycles. The molecule has 9 atom stereocenters. The molecule has 1 aliphatic heterocycles. The maximum absolute atomic E-state index is 13.4. The fourth-order valence-corrected chi connectivity index (χ4v) is 12.6. The van der Waals surface area contributed by atoms with Crippen LogP contribution in [0.4, 0.5) is 0 Å². The lowest BCUT2D eigenvalue weighted by atomic mass is 9.33. The molecule has 0 aromatic carbocycles. The SMILES string of the molecule is COC(=O)[C@]12CCC(C)(C)C[C@H]1C1=CC[C@@H]3[C@@]4(C)C[C@H]5OS(=O)(=O)O[C@@H]5C(C)(C)[C@@H]4CC[C@@]3(C)[C@]1(C)CC2. The normalized spacial score (nSPS) is 51.8. The maximum atomic E-state index is 13.4. The molecule has 38 heavy (non-hydrogen) atoms. The van der Waals surface area contributed by atoms with E-state index in [2.05, 4.69) is 54.5 Å². The predicted molar refractivity (Wildman–Crippen MR) is 145 cm³/mol. The first kappa shape index (κ1) is 27.3. The van der Waals surface area contributed by atoms with Crippen molar-refractivity contribution >= 4 is 16.4 Å². The van der Waals surface area contributed by atoms with Crippen molar-refractivity contribution in [3.63, 3.8) is 0 Å². The third-order valence-electron chi connectivity index (χ3n) is 13.6. The van der Waals surface area contributed by atoms with Crippen LogP contribution in [0.25, 0.3) is 0 Å². The summed E-state index contributed by atoms with van der Waals surface area (Å²) in [6.45, 7) is 16.5. The molecule has 4 saturated carbocycles. The number of carbonyl (C=O) groups excluding carboxylic acids is 1. The standard InChI is InChI=1S/C31H48O6S/c1-26(2)13-15-31(25(32)35-8)16-14-29(6)19(20(31)17-26)9-10-23-28(5)18-21-24(37-38(33,34)36-21)27(3,4)22(28)11-12-30(23,29)7/h9,20-24H,10-18H2,1-8H3/t20-,21+,22-,23+,24-,28-,29+,30+,31-/m0/s1. The number of hydrogen-bond acceptors (Lipinski definition) is 6. The van der Waals surface area contributed by atoms with E-state index in [0.29, 0.717) is 18.3 Å². The van der Waals surface area contributed by atoms with Crippen LogP contribution in [0.2, 0.25) is 0 Å². The summed E-state index contributed by atoms with van der Waals surface area (Å²) in [6, 6.07) is 0. The van der Waals surface area contributed by atoms with E-state index in [1.54, 1.807) is 7.11 Å². The van der Waals surface area contributed by atoms with Crippen molar-refractivity contribution in [3.8, 4) is 0 Å². The van der Waals surface area contributed by atoms with Crippen molar-refractivity contribution in [2.24, 2.45) is 50.2 Å². The lowest BCUT2D eigenvalue weighted by Gasteiger charge is -2.71. The van der Waals surface area contributed by atoms with E-state index in [1.807, 2.05) is 0 Å². The number of allylic oxidation sites excluding steroid dienone is 2. The molecule has 6 nitrogen and oxygen atoms in total. The van der Waals surface area contributed by atoms with Gasteiger partial charge in [0.05, 0.1) is 12.5 Å². The highest BCUT2D eigenvalue weighted by atomic mass is 32.3. The highest BCUT2D eigenvalue weighted by molar-refractivity contribution is 7.82. The van der Waals surface area contributed by atoms with Crippen LogP contribution in [0.15, 0.2) is 11.6 Å². The van der Waals surface area contributed by atoms with Gasteiger partial charge in [-0.2, -0.15) is 8.42 Å². The fraction of sp³-hybridized carbons (Fsp3) is 0.903. The van der Waals surface area contributed by atoms with Crippen LogP contribution in [0.1, 0.15) is 106 Å². The van der Waals surface area contributed by atoms with Gasteiger partial charge in [-0.15, -0.1) is 0 Å². The van der Waals surface area contributed by atoms with E-state index in [4.69, 9.17) is 13.1 Å². The molecule has 0 spiro atoms. The third-order valence-corrected chi connectivity index (χ3v) is 14.5. The Bertz CT molecular complexity index is 1190. The highest BCUT2D eigenvalue weighted by Gasteiger charge is 2.71. The second kappa shape index (κ2) is 7.88. The highest BCUT2D eigenvalue weighted by Crippen LogP contribution is 2.76. The van der Waals surface area contributed by atoms with Crippen LogP contribution in [0.5, 0.6) is 0 Å². The van der Waals surface area contributed by atoms with E-state index in [-0.39, 0.29) is 39.0 Å². The van der Waals surface area contributed by atoms with Gasteiger partial charge in [-0.25, -0.2) is 8.37 Å². The zero-order chi connectivity index (χ0) is 27.7. The van der Waals surface area contributed by atoms with Gasteiger partial charge in [0.15, 0.2) is 0 Å². The minimum Gasteiger partial charge on any atom is -0.469 e. The van der Waals surface area contributed by atoms with Crippen molar-refractivity contribution in [3.05, 3.63) is 11.6 Å². The molecule has 7 heteroatoms. The monoisotopic (exact) mass is 548 g/mol. The molecule has 0 bridgehead atoms. The van der Waals surface area contributed by atoms with Crippen LogP contribution < -0.4 is 0 Å². The first-order valence-electron chi connectivity index (χ1n) is 14.9. The number of fused-ring (bicyclic) bond motifs is 8. The summed E-state index contributed by atoms with van der Waals surface area (Å²) in [6.07, 6.45) is 10.5. The molecular weight excluding hydrogens is 500 g/mol. The predicted octanol–water partition coefficient (Wildman–Crippen LogP) is 6.60. The average molecular weight is 549 g/mol. The van der Waals surface area contributed by atoms with Crippen molar-refractivity contribution in [1.82, 2.24) is 0 Å². The van der Waals surface area contributed by atoms with Gasteiger partial charge in [-0.05, 0) is 103 Å². The number of methoxy groups -OCH3 is 1. The Morgan fingerprint density at radius 2 is 1.61 bits per heavy atom. The summed E-state index contributed by atoms with van der Waals surface area (Å²) in [5, 5.41) is 0. The topological polar surface area (TPSA) is 78.9 Å². The van der Waals surface area contributed by atoms with Crippen LogP contribution in [0.3, 0.4) is 0 Å². The molecule has 6 aliphatic rings. The van der Waals surface area contributed by atoms with Gasteiger partial charge in [0, 0.05) is 0 Å². The summed E-state index contributed by atoms with van der Waals surface area (Å²) < 4.78 is 41.4. The van der Waals surface area contributed by atoms with Gasteiger partial charge in [-0.1, -0.05) is 60.1 Å². The van der Waals surface area contributed by atoms with E-state index < -0.39 is 28.0 Å². The Morgan fingerprint density at radius 3 is 2.29 bits per heavy atom.